The largest absolute Gasteiger partial charge is 0.382 e. The first kappa shape index (κ1) is 10.9. The van der Waals surface area contributed by atoms with Crippen LogP contribution >= 0.6 is 0 Å². The molecule has 0 amide bonds. The van der Waals surface area contributed by atoms with Crippen LogP contribution in [0.15, 0.2) is 0 Å². The first-order chi connectivity index (χ1) is 6.17. The van der Waals surface area contributed by atoms with Crippen LogP contribution in [0.2, 0.25) is 0 Å². The van der Waals surface area contributed by atoms with Crippen LogP contribution in [0.3, 0.4) is 0 Å². The SMILES string of the molecule is COCCOC(C)(C)C1OCCO1. The van der Waals surface area contributed by atoms with Crippen LogP contribution in [-0.2, 0) is 18.9 Å². The standard InChI is InChI=1S/C9H18O4/c1-9(2,13-7-4-10-3)8-11-5-6-12-8/h8H,4-7H2,1-3H3. The molecule has 0 radical (unpaired) electrons. The van der Waals surface area contributed by atoms with Crippen molar-refractivity contribution in [3.63, 3.8) is 0 Å². The maximum atomic E-state index is 5.58. The highest BCUT2D eigenvalue weighted by Gasteiger charge is 2.34. The van der Waals surface area contributed by atoms with Crippen LogP contribution in [0.25, 0.3) is 0 Å². The Hall–Kier alpha value is -0.160. The molecular weight excluding hydrogens is 172 g/mol. The zero-order valence-electron chi connectivity index (χ0n) is 8.54. The van der Waals surface area contributed by atoms with E-state index in [1.54, 1.807) is 7.11 Å². The number of hydrogen-bond donors (Lipinski definition) is 0. The van der Waals surface area contributed by atoms with E-state index < -0.39 is 5.60 Å². The third-order valence-corrected chi connectivity index (χ3v) is 1.95. The predicted octanol–water partition coefficient (Wildman–Crippen LogP) is 0.801. The monoisotopic (exact) mass is 190 g/mol. The van der Waals surface area contributed by atoms with E-state index in [9.17, 15) is 0 Å². The first-order valence-corrected chi connectivity index (χ1v) is 4.53. The van der Waals surface area contributed by atoms with Crippen LogP contribution in [0.1, 0.15) is 13.8 Å². The molecule has 4 heteroatoms. The Labute approximate surface area is 79.1 Å². The van der Waals surface area contributed by atoms with E-state index in [1.807, 2.05) is 13.8 Å². The van der Waals surface area contributed by atoms with E-state index in [0.717, 1.165) is 0 Å². The average Bonchev–Trinajstić information content (AvgIpc) is 2.56. The van der Waals surface area contributed by atoms with Crippen LogP contribution < -0.4 is 0 Å². The maximum Gasteiger partial charge on any atom is 0.186 e. The summed E-state index contributed by atoms with van der Waals surface area (Å²) >= 11 is 0. The summed E-state index contributed by atoms with van der Waals surface area (Å²) in [6.07, 6.45) is -0.246. The molecule has 4 nitrogen and oxygen atoms in total. The van der Waals surface area contributed by atoms with Crippen LogP contribution in [0.5, 0.6) is 0 Å². The summed E-state index contributed by atoms with van der Waals surface area (Å²) in [5, 5.41) is 0. The van der Waals surface area contributed by atoms with Gasteiger partial charge in [-0.2, -0.15) is 0 Å². The van der Waals surface area contributed by atoms with E-state index in [1.165, 1.54) is 0 Å². The molecule has 1 aliphatic rings. The number of methoxy groups -OCH3 is 1. The number of hydrogen-bond acceptors (Lipinski definition) is 4. The second-order valence-corrected chi connectivity index (χ2v) is 3.52. The minimum absolute atomic E-state index is 0.246. The molecule has 0 spiro atoms. The van der Waals surface area contributed by atoms with Crippen LogP contribution in [0, 0.1) is 0 Å². The second-order valence-electron chi connectivity index (χ2n) is 3.52. The van der Waals surface area contributed by atoms with Crippen molar-refractivity contribution >= 4 is 0 Å². The van der Waals surface area contributed by atoms with Crippen LogP contribution in [-0.4, -0.2) is 45.4 Å². The van der Waals surface area contributed by atoms with E-state index in [-0.39, 0.29) is 6.29 Å². The molecular formula is C9H18O4. The van der Waals surface area contributed by atoms with Gasteiger partial charge in [-0.15, -0.1) is 0 Å². The fourth-order valence-electron chi connectivity index (χ4n) is 1.22. The maximum absolute atomic E-state index is 5.58. The molecule has 0 aromatic rings. The van der Waals surface area contributed by atoms with Gasteiger partial charge in [0.05, 0.1) is 26.4 Å². The Morgan fingerprint density at radius 2 is 1.85 bits per heavy atom. The lowest BCUT2D eigenvalue weighted by atomic mass is 10.1. The van der Waals surface area contributed by atoms with Gasteiger partial charge in [0.1, 0.15) is 5.60 Å². The van der Waals surface area contributed by atoms with Gasteiger partial charge in [0, 0.05) is 7.11 Å². The van der Waals surface area contributed by atoms with Gasteiger partial charge >= 0.3 is 0 Å². The zero-order chi connectivity index (χ0) is 9.73. The molecule has 1 aliphatic heterocycles. The Morgan fingerprint density at radius 3 is 2.38 bits per heavy atom. The van der Waals surface area contributed by atoms with E-state index in [0.29, 0.717) is 26.4 Å². The Bertz CT molecular complexity index is 141. The molecule has 0 atom stereocenters. The summed E-state index contributed by atoms with van der Waals surface area (Å²) in [6, 6.07) is 0. The smallest absolute Gasteiger partial charge is 0.186 e. The van der Waals surface area contributed by atoms with E-state index >= 15 is 0 Å². The topological polar surface area (TPSA) is 36.9 Å². The van der Waals surface area contributed by atoms with Gasteiger partial charge in [-0.1, -0.05) is 0 Å². The van der Waals surface area contributed by atoms with Crippen molar-refractivity contribution in [3.05, 3.63) is 0 Å². The van der Waals surface area contributed by atoms with Gasteiger partial charge in [0.25, 0.3) is 0 Å². The van der Waals surface area contributed by atoms with Crippen molar-refractivity contribution in [1.82, 2.24) is 0 Å². The normalized spacial score (nSPS) is 19.6. The van der Waals surface area contributed by atoms with Gasteiger partial charge in [-0.3, -0.25) is 0 Å². The van der Waals surface area contributed by atoms with Gasteiger partial charge in [-0.25, -0.2) is 0 Å². The summed E-state index contributed by atoms with van der Waals surface area (Å²) in [5.74, 6) is 0. The van der Waals surface area contributed by atoms with Crippen molar-refractivity contribution in [2.75, 3.05) is 33.5 Å². The number of ether oxygens (including phenoxy) is 4. The molecule has 0 saturated carbocycles. The molecule has 0 aromatic heterocycles. The predicted molar refractivity (Wildman–Crippen MR) is 47.6 cm³/mol. The zero-order valence-corrected chi connectivity index (χ0v) is 8.54. The van der Waals surface area contributed by atoms with Gasteiger partial charge in [-0.05, 0) is 13.8 Å². The fourth-order valence-corrected chi connectivity index (χ4v) is 1.22. The average molecular weight is 190 g/mol. The third-order valence-electron chi connectivity index (χ3n) is 1.95. The fraction of sp³-hybridized carbons (Fsp3) is 1.00. The summed E-state index contributed by atoms with van der Waals surface area (Å²) in [4.78, 5) is 0. The minimum atomic E-state index is -0.394. The van der Waals surface area contributed by atoms with Crippen molar-refractivity contribution in [3.8, 4) is 0 Å². The molecule has 0 unspecified atom stereocenters. The van der Waals surface area contributed by atoms with Gasteiger partial charge < -0.3 is 18.9 Å². The van der Waals surface area contributed by atoms with Crippen molar-refractivity contribution < 1.29 is 18.9 Å². The molecule has 1 fully saturated rings. The van der Waals surface area contributed by atoms with E-state index in [2.05, 4.69) is 0 Å². The Morgan fingerprint density at radius 1 is 1.23 bits per heavy atom. The highest BCUT2D eigenvalue weighted by atomic mass is 16.7. The quantitative estimate of drug-likeness (QED) is 0.601. The van der Waals surface area contributed by atoms with Crippen molar-refractivity contribution in [2.24, 2.45) is 0 Å². The van der Waals surface area contributed by atoms with Crippen molar-refractivity contribution in [1.29, 1.82) is 0 Å². The van der Waals surface area contributed by atoms with Crippen molar-refractivity contribution in [2.45, 2.75) is 25.7 Å². The summed E-state index contributed by atoms with van der Waals surface area (Å²) in [7, 11) is 1.65. The third kappa shape index (κ3) is 3.23. The van der Waals surface area contributed by atoms with Gasteiger partial charge in [0.2, 0.25) is 0 Å². The first-order valence-electron chi connectivity index (χ1n) is 4.53. The van der Waals surface area contributed by atoms with E-state index in [4.69, 9.17) is 18.9 Å². The van der Waals surface area contributed by atoms with Gasteiger partial charge in [0.15, 0.2) is 6.29 Å². The summed E-state index contributed by atoms with van der Waals surface area (Å²) in [5.41, 5.74) is -0.394. The van der Waals surface area contributed by atoms with Crippen LogP contribution in [0.4, 0.5) is 0 Å². The highest BCUT2D eigenvalue weighted by Crippen LogP contribution is 2.22. The summed E-state index contributed by atoms with van der Waals surface area (Å²) < 4.78 is 21.2. The highest BCUT2D eigenvalue weighted by molar-refractivity contribution is 4.75. The molecule has 0 bridgehead atoms. The minimum Gasteiger partial charge on any atom is -0.382 e. The molecule has 0 aliphatic carbocycles. The lowest BCUT2D eigenvalue weighted by molar-refractivity contribution is -0.193. The Kier molecular flexibility index (Phi) is 4.12. The molecule has 1 rings (SSSR count). The Balaban J connectivity index is 2.26. The lowest BCUT2D eigenvalue weighted by Gasteiger charge is -2.29. The molecule has 1 saturated heterocycles. The summed E-state index contributed by atoms with van der Waals surface area (Å²) in [6.45, 7) is 6.38. The molecule has 0 aromatic carbocycles. The molecule has 1 heterocycles. The molecule has 0 N–H and O–H groups in total. The lowest BCUT2D eigenvalue weighted by Crippen LogP contribution is -2.40. The molecule has 13 heavy (non-hydrogen) atoms. The number of rotatable bonds is 5. The molecule has 78 valence electrons. The second kappa shape index (κ2) is 4.91.